The molecule has 6 heteroatoms. The lowest BCUT2D eigenvalue weighted by Crippen LogP contribution is -2.30. The molecule has 75 heavy (non-hydrogen) atoms. The van der Waals surface area contributed by atoms with Gasteiger partial charge in [-0.2, -0.15) is 0 Å². The Hall–Kier alpha value is -4.71. The number of allylic oxidation sites excluding steroid dienone is 24. The molecule has 0 amide bonds. The highest BCUT2D eigenvalue weighted by Crippen LogP contribution is 2.14. The molecule has 0 saturated heterocycles. The van der Waals surface area contributed by atoms with Gasteiger partial charge in [-0.1, -0.05) is 250 Å². The molecule has 6 nitrogen and oxygen atoms in total. The molecule has 0 fully saturated rings. The maximum absolute atomic E-state index is 12.9. The zero-order valence-electron chi connectivity index (χ0n) is 48.3. The van der Waals surface area contributed by atoms with Crippen LogP contribution < -0.4 is 0 Å². The van der Waals surface area contributed by atoms with Crippen LogP contribution in [0.15, 0.2) is 146 Å². The van der Waals surface area contributed by atoms with Gasteiger partial charge < -0.3 is 14.2 Å². The SMILES string of the molecule is CC/C=C\C/C=C\C/C=C\C/C=C\C/C=C\CCCCCC(=O)OC(COC(=O)CC/C=C\C/C=C\C/C=C\C/C=C\CC)COC(=O)CCCCCCCCCCCC/C=C\C/C=C\C/C=C\CCCCCCC. The summed E-state index contributed by atoms with van der Waals surface area (Å²) in [6, 6.07) is 0. The fourth-order valence-corrected chi connectivity index (χ4v) is 7.84. The Labute approximate surface area is 461 Å². The Morgan fingerprint density at radius 1 is 0.280 bits per heavy atom. The molecule has 422 valence electrons. The largest absolute Gasteiger partial charge is 0.462 e. The number of ether oxygens (including phenoxy) is 3. The van der Waals surface area contributed by atoms with Crippen LogP contribution in [0.5, 0.6) is 0 Å². The third-order valence-corrected chi connectivity index (χ3v) is 12.3. The molecule has 0 aliphatic carbocycles. The zero-order chi connectivity index (χ0) is 54.3. The molecule has 0 aromatic heterocycles. The summed E-state index contributed by atoms with van der Waals surface area (Å²) in [6.45, 7) is 6.30. The van der Waals surface area contributed by atoms with E-state index in [1.54, 1.807) is 0 Å². The first kappa shape index (κ1) is 70.3. The molecule has 0 radical (unpaired) electrons. The number of rotatable bonds is 53. The van der Waals surface area contributed by atoms with Crippen LogP contribution in [-0.4, -0.2) is 37.2 Å². The predicted octanol–water partition coefficient (Wildman–Crippen LogP) is 20.8. The number of carbonyl (C=O) groups is 3. The molecule has 0 N–H and O–H groups in total. The molecule has 0 spiro atoms. The van der Waals surface area contributed by atoms with E-state index in [0.29, 0.717) is 19.3 Å². The van der Waals surface area contributed by atoms with Crippen LogP contribution >= 0.6 is 0 Å². The summed E-state index contributed by atoms with van der Waals surface area (Å²) in [5.41, 5.74) is 0. The predicted molar refractivity (Wildman–Crippen MR) is 325 cm³/mol. The van der Waals surface area contributed by atoms with Gasteiger partial charge in [-0.15, -0.1) is 0 Å². The molecule has 0 rings (SSSR count). The smallest absolute Gasteiger partial charge is 0.306 e. The van der Waals surface area contributed by atoms with Crippen LogP contribution in [0.2, 0.25) is 0 Å². The van der Waals surface area contributed by atoms with Crippen molar-refractivity contribution in [3.05, 3.63) is 146 Å². The molecule has 0 bridgehead atoms. The third-order valence-electron chi connectivity index (χ3n) is 12.3. The van der Waals surface area contributed by atoms with Gasteiger partial charge >= 0.3 is 17.9 Å². The van der Waals surface area contributed by atoms with Crippen molar-refractivity contribution < 1.29 is 28.6 Å². The molecule has 0 saturated carbocycles. The van der Waals surface area contributed by atoms with E-state index in [1.807, 2.05) is 12.2 Å². The van der Waals surface area contributed by atoms with Gasteiger partial charge in [0.2, 0.25) is 0 Å². The molecule has 0 heterocycles. The van der Waals surface area contributed by atoms with Crippen LogP contribution in [0.4, 0.5) is 0 Å². The lowest BCUT2D eigenvalue weighted by molar-refractivity contribution is -0.166. The van der Waals surface area contributed by atoms with E-state index in [9.17, 15) is 14.4 Å². The second-order valence-corrected chi connectivity index (χ2v) is 19.5. The molecule has 0 aromatic carbocycles. The first-order valence-corrected chi connectivity index (χ1v) is 30.3. The van der Waals surface area contributed by atoms with Crippen LogP contribution in [0.3, 0.4) is 0 Å². The molecule has 1 atom stereocenters. The molecule has 0 aromatic rings. The van der Waals surface area contributed by atoms with Crippen molar-refractivity contribution in [3.8, 4) is 0 Å². The zero-order valence-corrected chi connectivity index (χ0v) is 48.3. The van der Waals surface area contributed by atoms with Crippen LogP contribution in [0.25, 0.3) is 0 Å². The van der Waals surface area contributed by atoms with E-state index in [4.69, 9.17) is 14.2 Å². The Morgan fingerprint density at radius 2 is 0.547 bits per heavy atom. The van der Waals surface area contributed by atoms with Gasteiger partial charge in [0.15, 0.2) is 6.10 Å². The topological polar surface area (TPSA) is 78.9 Å². The van der Waals surface area contributed by atoms with Crippen LogP contribution in [-0.2, 0) is 28.6 Å². The highest BCUT2D eigenvalue weighted by atomic mass is 16.6. The van der Waals surface area contributed by atoms with Crippen molar-refractivity contribution in [2.75, 3.05) is 13.2 Å². The average molecular weight is 1040 g/mol. The van der Waals surface area contributed by atoms with Gasteiger partial charge in [0.25, 0.3) is 0 Å². The van der Waals surface area contributed by atoms with Gasteiger partial charge in [0.1, 0.15) is 13.2 Å². The van der Waals surface area contributed by atoms with E-state index in [2.05, 4.69) is 154 Å². The molecule has 0 aliphatic heterocycles. The summed E-state index contributed by atoms with van der Waals surface area (Å²) in [6.07, 6.45) is 88.6. The van der Waals surface area contributed by atoms with E-state index >= 15 is 0 Å². The highest BCUT2D eigenvalue weighted by Gasteiger charge is 2.19. The molecule has 1 unspecified atom stereocenters. The van der Waals surface area contributed by atoms with Gasteiger partial charge in [0.05, 0.1) is 0 Å². The van der Waals surface area contributed by atoms with Gasteiger partial charge in [-0.3, -0.25) is 14.4 Å². The first-order chi connectivity index (χ1) is 37.0. The summed E-state index contributed by atoms with van der Waals surface area (Å²) in [7, 11) is 0. The minimum atomic E-state index is -0.833. The fourth-order valence-electron chi connectivity index (χ4n) is 7.84. The summed E-state index contributed by atoms with van der Waals surface area (Å²) >= 11 is 0. The summed E-state index contributed by atoms with van der Waals surface area (Å²) in [5.74, 6) is -1.05. The van der Waals surface area contributed by atoms with Crippen molar-refractivity contribution in [1.29, 1.82) is 0 Å². The molecular weight excluding hydrogens is 925 g/mol. The van der Waals surface area contributed by atoms with E-state index in [1.165, 1.54) is 89.9 Å². The van der Waals surface area contributed by atoms with Crippen molar-refractivity contribution in [1.82, 2.24) is 0 Å². The lowest BCUT2D eigenvalue weighted by atomic mass is 10.1. The van der Waals surface area contributed by atoms with Gasteiger partial charge in [0, 0.05) is 19.3 Å². The average Bonchev–Trinajstić information content (AvgIpc) is 3.41. The van der Waals surface area contributed by atoms with E-state index in [0.717, 1.165) is 109 Å². The Morgan fingerprint density at radius 3 is 0.907 bits per heavy atom. The summed E-state index contributed by atoms with van der Waals surface area (Å²) in [5, 5.41) is 0. The minimum absolute atomic E-state index is 0.121. The maximum Gasteiger partial charge on any atom is 0.306 e. The highest BCUT2D eigenvalue weighted by molar-refractivity contribution is 5.71. The number of hydrogen-bond donors (Lipinski definition) is 0. The fraction of sp³-hybridized carbons (Fsp3) is 0.609. The Bertz CT molecular complexity index is 1660. The normalized spacial score (nSPS) is 13.2. The minimum Gasteiger partial charge on any atom is -0.462 e. The summed E-state index contributed by atoms with van der Waals surface area (Å²) in [4.78, 5) is 38.2. The van der Waals surface area contributed by atoms with Gasteiger partial charge in [-0.25, -0.2) is 0 Å². The van der Waals surface area contributed by atoms with Gasteiger partial charge in [-0.05, 0) is 128 Å². The van der Waals surface area contributed by atoms with Crippen molar-refractivity contribution in [2.24, 2.45) is 0 Å². The number of unbranched alkanes of at least 4 members (excludes halogenated alkanes) is 18. The monoisotopic (exact) mass is 1030 g/mol. The second kappa shape index (κ2) is 61.8. The maximum atomic E-state index is 12.9. The lowest BCUT2D eigenvalue weighted by Gasteiger charge is -2.18. The first-order valence-electron chi connectivity index (χ1n) is 30.3. The van der Waals surface area contributed by atoms with Crippen LogP contribution in [0, 0.1) is 0 Å². The van der Waals surface area contributed by atoms with Crippen molar-refractivity contribution in [2.45, 2.75) is 258 Å². The van der Waals surface area contributed by atoms with Crippen molar-refractivity contribution >= 4 is 17.9 Å². The Kier molecular flexibility index (Phi) is 58.0. The van der Waals surface area contributed by atoms with Crippen LogP contribution in [0.1, 0.15) is 252 Å². The third kappa shape index (κ3) is 60.0. The molecular formula is C69H110O6. The number of carbonyl (C=O) groups excluding carboxylic acids is 3. The quantitative estimate of drug-likeness (QED) is 0.0261. The standard InChI is InChI=1S/C69H110O6/c1-4-7-10-13-16-19-22-25-27-29-31-32-33-34-35-36-38-39-41-44-47-50-53-56-59-62-68(71)74-65-66(64-73-67(70)61-58-55-52-49-46-43-24-21-18-15-12-9-6-3)75-69(72)63-60-57-54-51-48-45-42-40-37-30-28-26-23-20-17-14-11-8-5-2/h8-9,11-12,17-18,20-22,25-26,28-29,31,33-34,37,40,43,45-46,48,52,55,66H,4-7,10,13-16,19,23-24,27,30,32,35-36,38-39,41-42,44,47,49-51,53-54,56-65H2,1-3H3/b11-8-,12-9-,20-17-,21-18-,25-22-,28-26-,31-29-,34-33-,40-37-,46-43-,48-45-,55-52-. The van der Waals surface area contributed by atoms with Crippen molar-refractivity contribution in [3.63, 3.8) is 0 Å². The van der Waals surface area contributed by atoms with E-state index in [-0.39, 0.29) is 44.0 Å². The summed E-state index contributed by atoms with van der Waals surface area (Å²) < 4.78 is 16.8. The second-order valence-electron chi connectivity index (χ2n) is 19.5. The number of esters is 3. The number of hydrogen-bond acceptors (Lipinski definition) is 6. The Balaban J connectivity index is 4.45. The van der Waals surface area contributed by atoms with E-state index < -0.39 is 6.10 Å². The molecule has 0 aliphatic rings.